The molecule has 1 atom stereocenters. The highest BCUT2D eigenvalue weighted by Gasteiger charge is 2.39. The van der Waals surface area contributed by atoms with Gasteiger partial charge >= 0.3 is 0 Å². The van der Waals surface area contributed by atoms with Crippen LogP contribution in [-0.2, 0) is 4.74 Å². The standard InChI is InChI=1S/C13H18ClNO2/c14-11-4-2-1-3-10(11)12(16)13(9-15)5-7-17-8-6-13/h1-4,12,16H,5-9,15H2/t12-/m1/s1. The molecule has 0 aliphatic carbocycles. The molecule has 94 valence electrons. The first-order valence-electron chi connectivity index (χ1n) is 5.90. The average Bonchev–Trinajstić information content (AvgIpc) is 2.39. The summed E-state index contributed by atoms with van der Waals surface area (Å²) in [6, 6.07) is 7.40. The molecule has 1 heterocycles. The van der Waals surface area contributed by atoms with Gasteiger partial charge in [-0.1, -0.05) is 29.8 Å². The Labute approximate surface area is 107 Å². The molecule has 4 heteroatoms. The van der Waals surface area contributed by atoms with Crippen molar-refractivity contribution in [3.8, 4) is 0 Å². The normalized spacial score (nSPS) is 21.1. The Morgan fingerprint density at radius 3 is 2.59 bits per heavy atom. The first kappa shape index (κ1) is 12.8. The lowest BCUT2D eigenvalue weighted by atomic mass is 9.73. The summed E-state index contributed by atoms with van der Waals surface area (Å²) in [7, 11) is 0. The minimum atomic E-state index is -0.620. The largest absolute Gasteiger partial charge is 0.388 e. The minimum Gasteiger partial charge on any atom is -0.388 e. The van der Waals surface area contributed by atoms with Gasteiger partial charge in [0.2, 0.25) is 0 Å². The predicted molar refractivity (Wildman–Crippen MR) is 68.0 cm³/mol. The van der Waals surface area contributed by atoms with E-state index in [1.807, 2.05) is 18.2 Å². The minimum absolute atomic E-state index is 0.302. The van der Waals surface area contributed by atoms with Gasteiger partial charge in [0.1, 0.15) is 0 Å². The van der Waals surface area contributed by atoms with E-state index < -0.39 is 6.10 Å². The van der Waals surface area contributed by atoms with Crippen molar-refractivity contribution in [3.63, 3.8) is 0 Å². The van der Waals surface area contributed by atoms with Gasteiger partial charge < -0.3 is 15.6 Å². The van der Waals surface area contributed by atoms with Crippen LogP contribution < -0.4 is 5.73 Å². The van der Waals surface area contributed by atoms with E-state index in [1.165, 1.54) is 0 Å². The molecule has 1 saturated heterocycles. The molecule has 1 aromatic carbocycles. The van der Waals surface area contributed by atoms with Gasteiger partial charge in [-0.05, 0) is 24.5 Å². The second-order valence-electron chi connectivity index (χ2n) is 4.60. The topological polar surface area (TPSA) is 55.5 Å². The molecule has 3 nitrogen and oxygen atoms in total. The van der Waals surface area contributed by atoms with Crippen molar-refractivity contribution in [2.75, 3.05) is 19.8 Å². The molecule has 3 N–H and O–H groups in total. The van der Waals surface area contributed by atoms with Crippen molar-refractivity contribution in [3.05, 3.63) is 34.9 Å². The Morgan fingerprint density at radius 1 is 1.35 bits per heavy atom. The third kappa shape index (κ3) is 2.47. The van der Waals surface area contributed by atoms with Crippen LogP contribution in [0, 0.1) is 5.41 Å². The van der Waals surface area contributed by atoms with E-state index in [4.69, 9.17) is 22.1 Å². The van der Waals surface area contributed by atoms with Crippen LogP contribution in [0.5, 0.6) is 0 Å². The lowest BCUT2D eigenvalue weighted by molar-refractivity contribution is -0.0581. The number of hydrogen-bond donors (Lipinski definition) is 2. The number of rotatable bonds is 3. The quantitative estimate of drug-likeness (QED) is 0.870. The van der Waals surface area contributed by atoms with E-state index in [1.54, 1.807) is 6.07 Å². The number of halogens is 1. The van der Waals surface area contributed by atoms with Gasteiger partial charge in [-0.25, -0.2) is 0 Å². The molecule has 0 amide bonds. The predicted octanol–water partition coefficient (Wildman–Crippen LogP) is 2.13. The molecule has 0 saturated carbocycles. The summed E-state index contributed by atoms with van der Waals surface area (Å²) in [6.45, 7) is 1.75. The molecule has 1 fully saturated rings. The second-order valence-corrected chi connectivity index (χ2v) is 5.01. The number of aliphatic hydroxyl groups is 1. The monoisotopic (exact) mass is 255 g/mol. The zero-order chi connectivity index (χ0) is 12.3. The highest BCUT2D eigenvalue weighted by Crippen LogP contribution is 2.43. The molecule has 1 aliphatic rings. The maximum atomic E-state index is 10.6. The summed E-state index contributed by atoms with van der Waals surface area (Å²) in [4.78, 5) is 0. The van der Waals surface area contributed by atoms with Crippen LogP contribution in [0.2, 0.25) is 5.02 Å². The van der Waals surface area contributed by atoms with Crippen LogP contribution >= 0.6 is 11.6 Å². The number of benzene rings is 1. The zero-order valence-electron chi connectivity index (χ0n) is 9.73. The summed E-state index contributed by atoms with van der Waals surface area (Å²) in [5.74, 6) is 0. The Balaban J connectivity index is 2.28. The molecule has 17 heavy (non-hydrogen) atoms. The number of aliphatic hydroxyl groups excluding tert-OH is 1. The van der Waals surface area contributed by atoms with E-state index in [0.717, 1.165) is 18.4 Å². The van der Waals surface area contributed by atoms with Crippen LogP contribution in [0.4, 0.5) is 0 Å². The highest BCUT2D eigenvalue weighted by molar-refractivity contribution is 6.31. The fourth-order valence-electron chi connectivity index (χ4n) is 2.39. The fraction of sp³-hybridized carbons (Fsp3) is 0.538. The van der Waals surface area contributed by atoms with Gasteiger partial charge in [-0.15, -0.1) is 0 Å². The lowest BCUT2D eigenvalue weighted by Gasteiger charge is -2.40. The number of nitrogens with two attached hydrogens (primary N) is 1. The summed E-state index contributed by atoms with van der Waals surface area (Å²) in [6.07, 6.45) is 0.927. The van der Waals surface area contributed by atoms with Gasteiger partial charge in [-0.2, -0.15) is 0 Å². The third-order valence-corrected chi connectivity index (χ3v) is 4.02. The van der Waals surface area contributed by atoms with E-state index >= 15 is 0 Å². The highest BCUT2D eigenvalue weighted by atomic mass is 35.5. The summed E-state index contributed by atoms with van der Waals surface area (Å²) < 4.78 is 5.34. The molecule has 1 aromatic rings. The Bertz CT molecular complexity index is 377. The first-order chi connectivity index (χ1) is 8.19. The van der Waals surface area contributed by atoms with Crippen LogP contribution in [0.3, 0.4) is 0 Å². The van der Waals surface area contributed by atoms with Gasteiger partial charge in [0.05, 0.1) is 6.10 Å². The molecule has 2 rings (SSSR count). The Morgan fingerprint density at radius 2 is 2.00 bits per heavy atom. The van der Waals surface area contributed by atoms with Gasteiger partial charge in [0.25, 0.3) is 0 Å². The fourth-order valence-corrected chi connectivity index (χ4v) is 2.63. The maximum Gasteiger partial charge on any atom is 0.0874 e. The van der Waals surface area contributed by atoms with Crippen LogP contribution in [-0.4, -0.2) is 24.9 Å². The average molecular weight is 256 g/mol. The van der Waals surface area contributed by atoms with E-state index in [-0.39, 0.29) is 5.41 Å². The van der Waals surface area contributed by atoms with Crippen molar-refractivity contribution in [2.24, 2.45) is 11.1 Å². The van der Waals surface area contributed by atoms with E-state index in [0.29, 0.717) is 24.8 Å². The SMILES string of the molecule is NCC1([C@H](O)c2ccccc2Cl)CCOCC1. The molecule has 0 bridgehead atoms. The van der Waals surface area contributed by atoms with Crippen LogP contribution in [0.15, 0.2) is 24.3 Å². The first-order valence-corrected chi connectivity index (χ1v) is 6.28. The molecule has 0 unspecified atom stereocenters. The maximum absolute atomic E-state index is 10.6. The summed E-state index contributed by atoms with van der Waals surface area (Å²) in [5.41, 5.74) is 6.33. The third-order valence-electron chi connectivity index (χ3n) is 3.67. The molecule has 1 aliphatic heterocycles. The molecule has 0 aromatic heterocycles. The summed E-state index contributed by atoms with van der Waals surface area (Å²) >= 11 is 6.13. The van der Waals surface area contributed by atoms with Crippen LogP contribution in [0.1, 0.15) is 24.5 Å². The number of ether oxygens (including phenoxy) is 1. The smallest absolute Gasteiger partial charge is 0.0874 e. The lowest BCUT2D eigenvalue weighted by Crippen LogP contribution is -2.41. The van der Waals surface area contributed by atoms with Gasteiger partial charge in [-0.3, -0.25) is 0 Å². The van der Waals surface area contributed by atoms with Gasteiger partial charge in [0, 0.05) is 30.2 Å². The van der Waals surface area contributed by atoms with E-state index in [9.17, 15) is 5.11 Å². The van der Waals surface area contributed by atoms with Crippen molar-refractivity contribution in [1.29, 1.82) is 0 Å². The Kier molecular flexibility index (Phi) is 4.05. The number of hydrogen-bond acceptors (Lipinski definition) is 3. The van der Waals surface area contributed by atoms with Crippen molar-refractivity contribution >= 4 is 11.6 Å². The Hall–Kier alpha value is -0.610. The molecule has 0 spiro atoms. The second kappa shape index (κ2) is 5.36. The van der Waals surface area contributed by atoms with Gasteiger partial charge in [0.15, 0.2) is 0 Å². The molecule has 0 radical (unpaired) electrons. The summed E-state index contributed by atoms with van der Waals surface area (Å²) in [5, 5.41) is 11.2. The van der Waals surface area contributed by atoms with Crippen molar-refractivity contribution < 1.29 is 9.84 Å². The zero-order valence-corrected chi connectivity index (χ0v) is 10.5. The van der Waals surface area contributed by atoms with Crippen LogP contribution in [0.25, 0.3) is 0 Å². The van der Waals surface area contributed by atoms with E-state index in [2.05, 4.69) is 0 Å². The van der Waals surface area contributed by atoms with Crippen molar-refractivity contribution in [2.45, 2.75) is 18.9 Å². The molecular weight excluding hydrogens is 238 g/mol. The van der Waals surface area contributed by atoms with Crippen molar-refractivity contribution in [1.82, 2.24) is 0 Å². The molecular formula is C13H18ClNO2.